The molecular weight excluding hydrogens is 314 g/mol. The van der Waals surface area contributed by atoms with E-state index in [0.29, 0.717) is 41.0 Å². The lowest BCUT2D eigenvalue weighted by atomic mass is 10.0. The van der Waals surface area contributed by atoms with Gasteiger partial charge >= 0.3 is 5.63 Å². The molecule has 0 atom stereocenters. The molecule has 1 aromatic heterocycles. The van der Waals surface area contributed by atoms with Gasteiger partial charge in [0.2, 0.25) is 5.91 Å². The van der Waals surface area contributed by atoms with Gasteiger partial charge in [0.15, 0.2) is 0 Å². The lowest BCUT2D eigenvalue weighted by Crippen LogP contribution is -2.29. The Labute approximate surface area is 139 Å². The second kappa shape index (κ2) is 7.83. The summed E-state index contributed by atoms with van der Waals surface area (Å²) < 4.78 is 15.9. The van der Waals surface area contributed by atoms with E-state index in [4.69, 9.17) is 19.0 Å². The predicted octanol–water partition coefficient (Wildman–Crippen LogP) is 1.16. The smallest absolute Gasteiger partial charge is 0.340 e. The Hall–Kier alpha value is -2.54. The number of carbonyl (C=O) groups is 1. The zero-order valence-electron chi connectivity index (χ0n) is 14.0. The molecule has 0 aliphatic carbocycles. The van der Waals surface area contributed by atoms with Crippen molar-refractivity contribution in [2.24, 2.45) is 0 Å². The van der Waals surface area contributed by atoms with Gasteiger partial charge in [0.05, 0.1) is 31.6 Å². The Morgan fingerprint density at radius 2 is 2.04 bits per heavy atom. The summed E-state index contributed by atoms with van der Waals surface area (Å²) in [4.78, 5) is 24.2. The molecule has 0 aliphatic heterocycles. The van der Waals surface area contributed by atoms with Crippen LogP contribution in [0.4, 0.5) is 0 Å². The molecule has 2 rings (SSSR count). The summed E-state index contributed by atoms with van der Waals surface area (Å²) in [6, 6.07) is 3.30. The molecule has 0 aliphatic rings. The zero-order chi connectivity index (χ0) is 17.7. The van der Waals surface area contributed by atoms with Crippen molar-refractivity contribution in [3.8, 4) is 11.5 Å². The van der Waals surface area contributed by atoms with Crippen LogP contribution in [-0.2, 0) is 11.2 Å². The molecular formula is C17H21NO6. The number of nitrogens with one attached hydrogen (secondary N) is 1. The van der Waals surface area contributed by atoms with E-state index in [9.17, 15) is 9.59 Å². The van der Waals surface area contributed by atoms with E-state index in [2.05, 4.69) is 5.32 Å². The van der Waals surface area contributed by atoms with Gasteiger partial charge in [0.25, 0.3) is 0 Å². The van der Waals surface area contributed by atoms with Crippen LogP contribution in [0.15, 0.2) is 21.3 Å². The summed E-state index contributed by atoms with van der Waals surface area (Å²) in [5.74, 6) is 0.717. The maximum absolute atomic E-state index is 12.3. The van der Waals surface area contributed by atoms with Gasteiger partial charge in [0, 0.05) is 25.3 Å². The van der Waals surface area contributed by atoms with Gasteiger partial charge in [-0.05, 0) is 18.9 Å². The van der Waals surface area contributed by atoms with Crippen molar-refractivity contribution in [1.82, 2.24) is 5.32 Å². The number of aliphatic hydroxyl groups is 1. The monoisotopic (exact) mass is 335 g/mol. The first kappa shape index (κ1) is 17.8. The Balaban J connectivity index is 2.45. The molecule has 1 aromatic carbocycles. The van der Waals surface area contributed by atoms with Crippen molar-refractivity contribution in [3.63, 3.8) is 0 Å². The van der Waals surface area contributed by atoms with Gasteiger partial charge in [-0.25, -0.2) is 4.79 Å². The van der Waals surface area contributed by atoms with Gasteiger partial charge in [0.1, 0.15) is 17.1 Å². The number of amides is 1. The SMILES string of the molecule is COc1cc(OC)c2c(C)c(CC(=O)NCCCO)c(=O)oc2c1. The first-order chi connectivity index (χ1) is 11.5. The fraction of sp³-hybridized carbons (Fsp3) is 0.412. The third kappa shape index (κ3) is 3.68. The molecule has 0 saturated carbocycles. The standard InChI is InChI=1S/C17H21NO6/c1-10-12(9-15(20)18-5-4-6-19)17(21)24-14-8-11(22-2)7-13(23-3)16(10)14/h7-8,19H,4-6,9H2,1-3H3,(H,18,20). The summed E-state index contributed by atoms with van der Waals surface area (Å²) in [6.07, 6.45) is 0.370. The molecule has 7 heteroatoms. The number of aliphatic hydroxyl groups excluding tert-OH is 1. The third-order valence-corrected chi connectivity index (χ3v) is 3.77. The number of hydrogen-bond acceptors (Lipinski definition) is 6. The third-order valence-electron chi connectivity index (χ3n) is 3.77. The van der Waals surface area contributed by atoms with Crippen LogP contribution in [0.1, 0.15) is 17.5 Å². The molecule has 0 radical (unpaired) electrons. The first-order valence-corrected chi connectivity index (χ1v) is 7.57. The minimum absolute atomic E-state index is 0.00352. The fourth-order valence-corrected chi connectivity index (χ4v) is 2.49. The van der Waals surface area contributed by atoms with Crippen molar-refractivity contribution in [2.75, 3.05) is 27.4 Å². The van der Waals surface area contributed by atoms with Gasteiger partial charge in [-0.15, -0.1) is 0 Å². The lowest BCUT2D eigenvalue weighted by molar-refractivity contribution is -0.120. The minimum atomic E-state index is -0.562. The Morgan fingerprint density at radius 3 is 2.67 bits per heavy atom. The van der Waals surface area contributed by atoms with E-state index in [1.54, 1.807) is 19.1 Å². The number of fused-ring (bicyclic) bond motifs is 1. The van der Waals surface area contributed by atoms with E-state index < -0.39 is 5.63 Å². The van der Waals surface area contributed by atoms with Crippen LogP contribution in [0.2, 0.25) is 0 Å². The van der Waals surface area contributed by atoms with Crippen molar-refractivity contribution in [3.05, 3.63) is 33.7 Å². The maximum Gasteiger partial charge on any atom is 0.340 e. The molecule has 130 valence electrons. The maximum atomic E-state index is 12.3. The Bertz CT molecular complexity index is 796. The Kier molecular flexibility index (Phi) is 5.81. The number of ether oxygens (including phenoxy) is 2. The minimum Gasteiger partial charge on any atom is -0.496 e. The second-order valence-electron chi connectivity index (χ2n) is 5.30. The molecule has 7 nitrogen and oxygen atoms in total. The van der Waals surface area contributed by atoms with Crippen LogP contribution < -0.4 is 20.4 Å². The highest BCUT2D eigenvalue weighted by molar-refractivity contribution is 5.90. The van der Waals surface area contributed by atoms with Crippen LogP contribution in [0.25, 0.3) is 11.0 Å². The average Bonchev–Trinajstić information content (AvgIpc) is 2.57. The second-order valence-corrected chi connectivity index (χ2v) is 5.30. The summed E-state index contributed by atoms with van der Waals surface area (Å²) in [7, 11) is 3.02. The number of rotatable bonds is 7. The molecule has 0 fully saturated rings. The molecule has 2 aromatic rings. The molecule has 0 unspecified atom stereocenters. The largest absolute Gasteiger partial charge is 0.496 e. The van der Waals surface area contributed by atoms with Gasteiger partial charge in [-0.1, -0.05) is 0 Å². The molecule has 1 heterocycles. The van der Waals surface area contributed by atoms with Crippen LogP contribution in [0.3, 0.4) is 0 Å². The van der Waals surface area contributed by atoms with E-state index in [1.807, 2.05) is 0 Å². The first-order valence-electron chi connectivity index (χ1n) is 7.57. The molecule has 0 bridgehead atoms. The summed E-state index contributed by atoms with van der Waals surface area (Å²) in [6.45, 7) is 2.11. The average molecular weight is 335 g/mol. The molecule has 0 saturated heterocycles. The van der Waals surface area contributed by atoms with Crippen molar-refractivity contribution < 1.29 is 23.8 Å². The summed E-state index contributed by atoms with van der Waals surface area (Å²) >= 11 is 0. The van der Waals surface area contributed by atoms with E-state index in [1.165, 1.54) is 14.2 Å². The summed E-state index contributed by atoms with van der Waals surface area (Å²) in [5, 5.41) is 12.0. The van der Waals surface area contributed by atoms with Crippen LogP contribution in [0.5, 0.6) is 11.5 Å². The zero-order valence-corrected chi connectivity index (χ0v) is 14.0. The van der Waals surface area contributed by atoms with Gasteiger partial charge in [-0.2, -0.15) is 0 Å². The van der Waals surface area contributed by atoms with Gasteiger partial charge < -0.3 is 24.3 Å². The Morgan fingerprint density at radius 1 is 1.29 bits per heavy atom. The number of hydrogen-bond donors (Lipinski definition) is 2. The normalized spacial score (nSPS) is 10.7. The van der Waals surface area contributed by atoms with Crippen molar-refractivity contribution >= 4 is 16.9 Å². The highest BCUT2D eigenvalue weighted by Gasteiger charge is 2.18. The van der Waals surface area contributed by atoms with E-state index in [0.717, 1.165) is 0 Å². The lowest BCUT2D eigenvalue weighted by Gasteiger charge is -2.12. The predicted molar refractivity (Wildman–Crippen MR) is 88.7 cm³/mol. The van der Waals surface area contributed by atoms with E-state index in [-0.39, 0.29) is 24.5 Å². The molecule has 0 spiro atoms. The number of aryl methyl sites for hydroxylation is 1. The van der Waals surface area contributed by atoms with Gasteiger partial charge in [-0.3, -0.25) is 4.79 Å². The van der Waals surface area contributed by atoms with Crippen molar-refractivity contribution in [1.29, 1.82) is 0 Å². The molecule has 1 amide bonds. The summed E-state index contributed by atoms with van der Waals surface area (Å²) in [5.41, 5.74) is 0.705. The number of benzene rings is 1. The topological polar surface area (TPSA) is 98.0 Å². The number of methoxy groups -OCH3 is 2. The fourth-order valence-electron chi connectivity index (χ4n) is 2.49. The van der Waals surface area contributed by atoms with E-state index >= 15 is 0 Å². The highest BCUT2D eigenvalue weighted by Crippen LogP contribution is 2.33. The molecule has 24 heavy (non-hydrogen) atoms. The van der Waals surface area contributed by atoms with Crippen LogP contribution >= 0.6 is 0 Å². The highest BCUT2D eigenvalue weighted by atomic mass is 16.5. The quantitative estimate of drug-likeness (QED) is 0.582. The number of carbonyl (C=O) groups excluding carboxylic acids is 1. The molecule has 2 N–H and O–H groups in total. The van der Waals surface area contributed by atoms with Crippen molar-refractivity contribution in [2.45, 2.75) is 19.8 Å². The van der Waals surface area contributed by atoms with Crippen LogP contribution in [-0.4, -0.2) is 38.4 Å². The van der Waals surface area contributed by atoms with Crippen LogP contribution in [0, 0.1) is 6.92 Å².